The second-order valence-electron chi connectivity index (χ2n) is 7.54. The number of carbonyl (C=O) groups excluding carboxylic acids is 1. The molecule has 1 aliphatic heterocycles. The molecule has 2 aliphatic rings. The standard InChI is InChI=1S/C18H22F2N4O3S/c1-18(12-21,13-2-3-13)22-17(25)11-23-6-8-24(9-7-23)28(26,27)16-5-4-14(19)10-15(16)20/h4-5,10,13H,2-3,6-9,11H2,1H3,(H,22,25)/p+1/t18-/m1/s1. The Labute approximate surface area is 163 Å². The molecule has 1 aliphatic carbocycles. The molecule has 0 unspecified atom stereocenters. The topological polar surface area (TPSA) is 94.7 Å². The molecule has 1 saturated heterocycles. The van der Waals surface area contributed by atoms with Gasteiger partial charge in [-0.05, 0) is 37.8 Å². The van der Waals surface area contributed by atoms with Crippen molar-refractivity contribution in [3.8, 4) is 6.07 Å². The number of hydrogen-bond acceptors (Lipinski definition) is 4. The number of halogens is 2. The van der Waals surface area contributed by atoms with Crippen LogP contribution in [0.4, 0.5) is 8.78 Å². The van der Waals surface area contributed by atoms with Crippen molar-refractivity contribution in [2.75, 3.05) is 32.7 Å². The van der Waals surface area contributed by atoms with Gasteiger partial charge in [0.05, 0.1) is 32.2 Å². The van der Waals surface area contributed by atoms with Gasteiger partial charge in [0.25, 0.3) is 5.91 Å². The van der Waals surface area contributed by atoms with Gasteiger partial charge in [0.1, 0.15) is 22.1 Å². The fourth-order valence-electron chi connectivity index (χ4n) is 3.49. The van der Waals surface area contributed by atoms with Crippen molar-refractivity contribution in [3.05, 3.63) is 29.8 Å². The molecule has 2 fully saturated rings. The van der Waals surface area contributed by atoms with Crippen molar-refractivity contribution in [1.82, 2.24) is 9.62 Å². The fourth-order valence-corrected chi connectivity index (χ4v) is 4.97. The normalized spacial score (nSPS) is 20.9. The molecule has 1 atom stereocenters. The summed E-state index contributed by atoms with van der Waals surface area (Å²) in [6.45, 7) is 2.87. The molecular formula is C18H23F2N4O3S+. The van der Waals surface area contributed by atoms with Crippen LogP contribution in [0.5, 0.6) is 0 Å². The van der Waals surface area contributed by atoms with E-state index >= 15 is 0 Å². The monoisotopic (exact) mass is 413 g/mol. The second kappa shape index (κ2) is 7.73. The molecule has 2 N–H and O–H groups in total. The van der Waals surface area contributed by atoms with Crippen molar-refractivity contribution >= 4 is 15.9 Å². The molecule has 1 saturated carbocycles. The van der Waals surface area contributed by atoms with Crippen LogP contribution < -0.4 is 10.2 Å². The van der Waals surface area contributed by atoms with Crippen LogP contribution in [-0.4, -0.2) is 56.9 Å². The number of carbonyl (C=O) groups is 1. The Hall–Kier alpha value is -2.09. The Bertz CT molecular complexity index is 906. The van der Waals surface area contributed by atoms with Gasteiger partial charge in [0.15, 0.2) is 6.54 Å². The predicted octanol–water partition coefficient (Wildman–Crippen LogP) is -0.338. The SMILES string of the molecule is C[C@](C#N)(NC(=O)C[NH+]1CCN(S(=O)(=O)c2ccc(F)cc2F)CC1)C1CC1. The Morgan fingerprint density at radius 3 is 2.54 bits per heavy atom. The molecular weight excluding hydrogens is 390 g/mol. The lowest BCUT2D eigenvalue weighted by molar-refractivity contribution is -0.895. The molecule has 0 spiro atoms. The quantitative estimate of drug-likeness (QED) is 0.667. The summed E-state index contributed by atoms with van der Waals surface area (Å²) in [5.41, 5.74) is -0.859. The van der Waals surface area contributed by atoms with Gasteiger partial charge in [-0.2, -0.15) is 9.57 Å². The number of piperazine rings is 1. The number of rotatable bonds is 6. The molecule has 152 valence electrons. The first-order chi connectivity index (χ1) is 13.2. The second-order valence-corrected chi connectivity index (χ2v) is 9.45. The first-order valence-corrected chi connectivity index (χ1v) is 10.6. The highest BCUT2D eigenvalue weighted by atomic mass is 32.2. The minimum Gasteiger partial charge on any atom is -0.333 e. The lowest BCUT2D eigenvalue weighted by Crippen LogP contribution is -3.16. The summed E-state index contributed by atoms with van der Waals surface area (Å²) in [5, 5.41) is 12.1. The third kappa shape index (κ3) is 4.32. The van der Waals surface area contributed by atoms with Gasteiger partial charge < -0.3 is 10.2 Å². The summed E-state index contributed by atoms with van der Waals surface area (Å²) in [5.74, 6) is -2.02. The lowest BCUT2D eigenvalue weighted by Gasteiger charge is -2.32. The van der Waals surface area contributed by atoms with Crippen molar-refractivity contribution in [2.24, 2.45) is 5.92 Å². The Morgan fingerprint density at radius 1 is 1.36 bits per heavy atom. The number of nitrogens with one attached hydrogen (secondary N) is 2. The van der Waals surface area contributed by atoms with Gasteiger partial charge in [-0.3, -0.25) is 4.79 Å². The van der Waals surface area contributed by atoms with E-state index in [1.54, 1.807) is 6.92 Å². The maximum atomic E-state index is 13.9. The smallest absolute Gasteiger partial charge is 0.276 e. The fraction of sp³-hybridized carbons (Fsp3) is 0.556. The maximum absolute atomic E-state index is 13.9. The number of hydrogen-bond donors (Lipinski definition) is 2. The number of nitrogens with zero attached hydrogens (tertiary/aromatic N) is 2. The number of benzene rings is 1. The van der Waals surface area contributed by atoms with Crippen molar-refractivity contribution in [1.29, 1.82) is 5.26 Å². The van der Waals surface area contributed by atoms with Gasteiger partial charge in [-0.1, -0.05) is 0 Å². The van der Waals surface area contributed by atoms with Gasteiger partial charge in [-0.25, -0.2) is 17.2 Å². The molecule has 10 heteroatoms. The van der Waals surface area contributed by atoms with Gasteiger partial charge in [0.2, 0.25) is 10.0 Å². The van der Waals surface area contributed by atoms with Crippen LogP contribution in [0.15, 0.2) is 23.1 Å². The number of nitriles is 1. The third-order valence-corrected chi connectivity index (χ3v) is 7.31. The largest absolute Gasteiger partial charge is 0.333 e. The Balaban J connectivity index is 1.57. The van der Waals surface area contributed by atoms with Crippen LogP contribution in [0.1, 0.15) is 19.8 Å². The molecule has 1 amide bonds. The van der Waals surface area contributed by atoms with E-state index in [9.17, 15) is 27.3 Å². The number of quaternary nitrogens is 1. The zero-order valence-electron chi connectivity index (χ0n) is 15.5. The third-order valence-electron chi connectivity index (χ3n) is 5.38. The molecule has 3 rings (SSSR count). The van der Waals surface area contributed by atoms with Gasteiger partial charge in [-0.15, -0.1) is 0 Å². The summed E-state index contributed by atoms with van der Waals surface area (Å²) in [4.78, 5) is 12.6. The van der Waals surface area contributed by atoms with Crippen molar-refractivity contribution in [3.63, 3.8) is 0 Å². The Kier molecular flexibility index (Phi) is 5.70. The first-order valence-electron chi connectivity index (χ1n) is 9.17. The van der Waals surface area contributed by atoms with Crippen LogP contribution in [0.25, 0.3) is 0 Å². The van der Waals surface area contributed by atoms with Gasteiger partial charge in [0, 0.05) is 6.07 Å². The van der Waals surface area contributed by atoms with Crippen molar-refractivity contribution in [2.45, 2.75) is 30.2 Å². The predicted molar refractivity (Wildman–Crippen MR) is 95.6 cm³/mol. The minimum absolute atomic E-state index is 0.125. The zero-order valence-corrected chi connectivity index (χ0v) is 16.4. The maximum Gasteiger partial charge on any atom is 0.276 e. The van der Waals surface area contributed by atoms with Crippen LogP contribution in [-0.2, 0) is 14.8 Å². The average Bonchev–Trinajstić information content (AvgIpc) is 3.47. The van der Waals surface area contributed by atoms with Crippen molar-refractivity contribution < 1.29 is 26.9 Å². The summed E-state index contributed by atoms with van der Waals surface area (Å²) in [6.07, 6.45) is 1.85. The van der Waals surface area contributed by atoms with Gasteiger partial charge >= 0.3 is 0 Å². The van der Waals surface area contributed by atoms with E-state index < -0.39 is 32.1 Å². The molecule has 0 radical (unpaired) electrons. The van der Waals surface area contributed by atoms with E-state index in [2.05, 4.69) is 11.4 Å². The van der Waals surface area contributed by atoms with E-state index in [1.807, 2.05) is 0 Å². The summed E-state index contributed by atoms with van der Waals surface area (Å²) >= 11 is 0. The highest BCUT2D eigenvalue weighted by Gasteiger charge is 2.43. The van der Waals surface area contributed by atoms with Crippen LogP contribution in [0.3, 0.4) is 0 Å². The highest BCUT2D eigenvalue weighted by molar-refractivity contribution is 7.89. The average molecular weight is 413 g/mol. The summed E-state index contributed by atoms with van der Waals surface area (Å²) in [7, 11) is -4.06. The molecule has 0 aromatic heterocycles. The van der Waals surface area contributed by atoms with Crippen LogP contribution >= 0.6 is 0 Å². The molecule has 28 heavy (non-hydrogen) atoms. The van der Waals surface area contributed by atoms with Crippen LogP contribution in [0.2, 0.25) is 0 Å². The number of sulfonamides is 1. The van der Waals surface area contributed by atoms with E-state index in [4.69, 9.17) is 0 Å². The van der Waals surface area contributed by atoms with Crippen LogP contribution in [0, 0.1) is 28.9 Å². The summed E-state index contributed by atoms with van der Waals surface area (Å²) in [6, 6.07) is 4.55. The molecule has 0 bridgehead atoms. The molecule has 7 nitrogen and oxygen atoms in total. The summed E-state index contributed by atoms with van der Waals surface area (Å²) < 4.78 is 53.3. The lowest BCUT2D eigenvalue weighted by atomic mass is 9.98. The zero-order chi connectivity index (χ0) is 20.5. The Morgan fingerprint density at radius 2 is 2.00 bits per heavy atom. The highest BCUT2D eigenvalue weighted by Crippen LogP contribution is 2.39. The molecule has 1 heterocycles. The van der Waals surface area contributed by atoms with E-state index in [0.29, 0.717) is 19.2 Å². The van der Waals surface area contributed by atoms with E-state index in [0.717, 1.165) is 34.2 Å². The van der Waals surface area contributed by atoms with E-state index in [1.165, 1.54) is 0 Å². The molecule has 1 aromatic rings. The first kappa shape index (κ1) is 20.6. The molecule has 1 aromatic carbocycles. The minimum atomic E-state index is -4.06. The van der Waals surface area contributed by atoms with E-state index in [-0.39, 0.29) is 31.5 Å². The number of amides is 1.